The van der Waals surface area contributed by atoms with Gasteiger partial charge < -0.3 is 23.7 Å². The van der Waals surface area contributed by atoms with Crippen molar-refractivity contribution >= 4 is 5.97 Å². The number of hydrogen-bond donors (Lipinski definition) is 0. The lowest BCUT2D eigenvalue weighted by atomic mass is 9.72. The Morgan fingerprint density at radius 2 is 1.70 bits per heavy atom. The molecule has 0 aromatic heterocycles. The number of fused-ring (bicyclic) bond motifs is 1. The molecule has 1 aliphatic carbocycles. The Bertz CT molecular complexity index is 898. The molecule has 2 aromatic rings. The zero-order valence-corrected chi connectivity index (χ0v) is 17.2. The first-order chi connectivity index (χ1) is 14.5. The van der Waals surface area contributed by atoms with Crippen molar-refractivity contribution in [1.29, 1.82) is 0 Å². The molecular formula is C24H26O6. The van der Waals surface area contributed by atoms with E-state index < -0.39 is 29.9 Å². The number of rotatable bonds is 5. The molecule has 0 bridgehead atoms. The third-order valence-electron chi connectivity index (χ3n) is 6.08. The standard InChI is InChI=1S/C24H26O6/c1-23(2)28-19-20(26-15-16-9-5-3-6-10-16)24(30-22(19)29-23)14-13-18(24)27-21(25)17-11-7-4-8-12-17/h3-12,18-20,22H,13-15H2,1-2H3/t18-,19+,20?,22+,24+/m1/s1. The maximum Gasteiger partial charge on any atom is 0.338 e. The minimum absolute atomic E-state index is 0.357. The Labute approximate surface area is 176 Å². The molecule has 0 N–H and O–H groups in total. The Morgan fingerprint density at radius 1 is 1.00 bits per heavy atom. The minimum Gasteiger partial charge on any atom is -0.456 e. The van der Waals surface area contributed by atoms with E-state index in [-0.39, 0.29) is 12.1 Å². The molecule has 6 nitrogen and oxygen atoms in total. The van der Waals surface area contributed by atoms with E-state index in [1.807, 2.05) is 62.4 Å². The van der Waals surface area contributed by atoms with E-state index in [1.165, 1.54) is 0 Å². The van der Waals surface area contributed by atoms with Crippen LogP contribution in [0.15, 0.2) is 60.7 Å². The van der Waals surface area contributed by atoms with E-state index >= 15 is 0 Å². The molecule has 2 heterocycles. The number of carbonyl (C=O) groups is 1. The molecule has 158 valence electrons. The van der Waals surface area contributed by atoms with Crippen LogP contribution in [-0.2, 0) is 30.3 Å². The first kappa shape index (κ1) is 19.7. The monoisotopic (exact) mass is 410 g/mol. The van der Waals surface area contributed by atoms with Crippen molar-refractivity contribution < 1.29 is 28.5 Å². The van der Waals surface area contributed by atoms with Gasteiger partial charge in [-0.2, -0.15) is 0 Å². The van der Waals surface area contributed by atoms with E-state index in [4.69, 9.17) is 23.7 Å². The first-order valence-electron chi connectivity index (χ1n) is 10.4. The second-order valence-electron chi connectivity index (χ2n) is 8.56. The largest absolute Gasteiger partial charge is 0.456 e. The van der Waals surface area contributed by atoms with Crippen molar-refractivity contribution in [2.75, 3.05) is 0 Å². The fraction of sp³-hybridized carbons (Fsp3) is 0.458. The summed E-state index contributed by atoms with van der Waals surface area (Å²) >= 11 is 0. The molecule has 30 heavy (non-hydrogen) atoms. The summed E-state index contributed by atoms with van der Waals surface area (Å²) in [4.78, 5) is 12.6. The molecule has 0 amide bonds. The second-order valence-corrected chi connectivity index (χ2v) is 8.56. The number of carbonyl (C=O) groups excluding carboxylic acids is 1. The van der Waals surface area contributed by atoms with Gasteiger partial charge in [0.25, 0.3) is 0 Å². The van der Waals surface area contributed by atoms with Crippen molar-refractivity contribution in [1.82, 2.24) is 0 Å². The van der Waals surface area contributed by atoms with Crippen LogP contribution in [0.3, 0.4) is 0 Å². The van der Waals surface area contributed by atoms with Crippen LogP contribution < -0.4 is 0 Å². The van der Waals surface area contributed by atoms with Gasteiger partial charge in [-0.25, -0.2) is 4.79 Å². The predicted molar refractivity (Wildman–Crippen MR) is 108 cm³/mol. The van der Waals surface area contributed by atoms with Gasteiger partial charge in [0, 0.05) is 0 Å². The fourth-order valence-electron chi connectivity index (χ4n) is 4.55. The van der Waals surface area contributed by atoms with Gasteiger partial charge in [0.2, 0.25) is 0 Å². The smallest absolute Gasteiger partial charge is 0.338 e. The lowest BCUT2D eigenvalue weighted by molar-refractivity contribution is -0.287. The van der Waals surface area contributed by atoms with E-state index in [2.05, 4.69) is 0 Å². The SMILES string of the molecule is CC1(C)O[C@H]2O[C@]3(CC[C@H]3OC(=O)c3ccccc3)C(OCc3ccccc3)[C@@H]2O1. The summed E-state index contributed by atoms with van der Waals surface area (Å²) in [6.45, 7) is 4.15. The molecule has 2 saturated heterocycles. The normalized spacial score (nSPS) is 33.8. The highest BCUT2D eigenvalue weighted by Crippen LogP contribution is 2.53. The molecule has 0 radical (unpaired) electrons. The van der Waals surface area contributed by atoms with Gasteiger partial charge >= 0.3 is 5.97 Å². The lowest BCUT2D eigenvalue weighted by Crippen LogP contribution is -2.62. The number of esters is 1. The molecular weight excluding hydrogens is 384 g/mol. The van der Waals surface area contributed by atoms with Crippen molar-refractivity contribution in [2.24, 2.45) is 0 Å². The van der Waals surface area contributed by atoms with Gasteiger partial charge in [-0.3, -0.25) is 0 Å². The maximum atomic E-state index is 12.6. The van der Waals surface area contributed by atoms with Crippen LogP contribution in [0.2, 0.25) is 0 Å². The summed E-state index contributed by atoms with van der Waals surface area (Å²) in [6.07, 6.45) is -0.286. The van der Waals surface area contributed by atoms with Crippen LogP contribution in [0.1, 0.15) is 42.6 Å². The van der Waals surface area contributed by atoms with E-state index in [0.717, 1.165) is 12.0 Å². The van der Waals surface area contributed by atoms with Crippen LogP contribution in [0.4, 0.5) is 0 Å². The molecule has 5 atom stereocenters. The van der Waals surface area contributed by atoms with Gasteiger partial charge in [0.15, 0.2) is 12.1 Å². The van der Waals surface area contributed by atoms with Crippen LogP contribution >= 0.6 is 0 Å². The Balaban J connectivity index is 1.36. The predicted octanol–water partition coefficient (Wildman–Crippen LogP) is 3.84. The van der Waals surface area contributed by atoms with Gasteiger partial charge in [-0.1, -0.05) is 48.5 Å². The third kappa shape index (κ3) is 3.44. The second kappa shape index (κ2) is 7.46. The molecule has 2 aromatic carbocycles. The van der Waals surface area contributed by atoms with Crippen LogP contribution in [-0.4, -0.2) is 42.0 Å². The first-order valence-corrected chi connectivity index (χ1v) is 10.4. The summed E-state index contributed by atoms with van der Waals surface area (Å²) in [5.74, 6) is -1.10. The van der Waals surface area contributed by atoms with Crippen molar-refractivity contribution in [3.05, 3.63) is 71.8 Å². The molecule has 3 aliphatic rings. The third-order valence-corrected chi connectivity index (χ3v) is 6.08. The van der Waals surface area contributed by atoms with Crippen LogP contribution in [0.25, 0.3) is 0 Å². The fourth-order valence-corrected chi connectivity index (χ4v) is 4.55. The maximum absolute atomic E-state index is 12.6. The average Bonchev–Trinajstić information content (AvgIpc) is 3.21. The van der Waals surface area contributed by atoms with Crippen LogP contribution in [0, 0.1) is 0 Å². The molecule has 1 spiro atoms. The van der Waals surface area contributed by atoms with E-state index in [0.29, 0.717) is 18.6 Å². The molecule has 6 heteroatoms. The molecule has 2 aliphatic heterocycles. The van der Waals surface area contributed by atoms with Crippen molar-refractivity contribution in [2.45, 2.75) is 69.3 Å². The number of benzene rings is 2. The van der Waals surface area contributed by atoms with Gasteiger partial charge in [-0.15, -0.1) is 0 Å². The molecule has 1 unspecified atom stereocenters. The summed E-state index contributed by atoms with van der Waals surface area (Å²) in [6, 6.07) is 19.0. The Hall–Kier alpha value is -2.25. The number of hydrogen-bond acceptors (Lipinski definition) is 6. The Morgan fingerprint density at radius 3 is 2.37 bits per heavy atom. The molecule has 3 fully saturated rings. The van der Waals surface area contributed by atoms with Gasteiger partial charge in [-0.05, 0) is 44.4 Å². The topological polar surface area (TPSA) is 63.2 Å². The van der Waals surface area contributed by atoms with E-state index in [1.54, 1.807) is 12.1 Å². The summed E-state index contributed by atoms with van der Waals surface area (Å²) in [5.41, 5.74) is 0.824. The molecule has 1 saturated carbocycles. The van der Waals surface area contributed by atoms with Crippen molar-refractivity contribution in [3.63, 3.8) is 0 Å². The minimum atomic E-state index is -0.759. The van der Waals surface area contributed by atoms with Crippen LogP contribution in [0.5, 0.6) is 0 Å². The highest BCUT2D eigenvalue weighted by atomic mass is 16.8. The quantitative estimate of drug-likeness (QED) is 0.698. The summed E-state index contributed by atoms with van der Waals surface area (Å²) < 4.78 is 30.6. The average molecular weight is 410 g/mol. The van der Waals surface area contributed by atoms with Gasteiger partial charge in [0.05, 0.1) is 12.2 Å². The lowest BCUT2D eigenvalue weighted by Gasteiger charge is -2.48. The molecule has 5 rings (SSSR count). The zero-order chi connectivity index (χ0) is 20.8. The summed E-state index contributed by atoms with van der Waals surface area (Å²) in [5, 5.41) is 0. The summed E-state index contributed by atoms with van der Waals surface area (Å²) in [7, 11) is 0. The highest BCUT2D eigenvalue weighted by Gasteiger charge is 2.69. The Kier molecular flexibility index (Phi) is 4.90. The zero-order valence-electron chi connectivity index (χ0n) is 17.2. The van der Waals surface area contributed by atoms with Gasteiger partial charge in [0.1, 0.15) is 23.9 Å². The van der Waals surface area contributed by atoms with E-state index in [9.17, 15) is 4.79 Å². The number of ether oxygens (including phenoxy) is 5. The van der Waals surface area contributed by atoms with Crippen molar-refractivity contribution in [3.8, 4) is 0 Å². The highest BCUT2D eigenvalue weighted by molar-refractivity contribution is 5.89.